The number of ether oxygens (including phenoxy) is 1. The molecular weight excluding hydrogens is 160 g/mol. The molecule has 2 N–H and O–H groups in total. The van der Waals surface area contributed by atoms with E-state index in [4.69, 9.17) is 0 Å². The standard InChI is InChI=1S/C7H12N2O3/c1-4-3-8-6(10)5(9-4)7(11)12-2/h4-5,9H,3H2,1-2H3,(H,8,10). The van der Waals surface area contributed by atoms with E-state index in [1.165, 1.54) is 7.11 Å². The van der Waals surface area contributed by atoms with Crippen molar-refractivity contribution in [3.05, 3.63) is 0 Å². The van der Waals surface area contributed by atoms with Gasteiger partial charge in [-0.25, -0.2) is 4.79 Å². The quantitative estimate of drug-likeness (QED) is 0.378. The first-order valence-corrected chi connectivity index (χ1v) is 3.76. The molecule has 12 heavy (non-hydrogen) atoms. The monoisotopic (exact) mass is 172 g/mol. The van der Waals surface area contributed by atoms with E-state index in [-0.39, 0.29) is 11.9 Å². The molecule has 0 radical (unpaired) electrons. The summed E-state index contributed by atoms with van der Waals surface area (Å²) in [4.78, 5) is 22.0. The van der Waals surface area contributed by atoms with Crippen molar-refractivity contribution in [1.29, 1.82) is 0 Å². The molecule has 68 valence electrons. The molecule has 1 heterocycles. The molecule has 0 aliphatic carbocycles. The van der Waals surface area contributed by atoms with Gasteiger partial charge in [0.15, 0.2) is 6.04 Å². The van der Waals surface area contributed by atoms with Crippen molar-refractivity contribution in [1.82, 2.24) is 10.6 Å². The van der Waals surface area contributed by atoms with Crippen LogP contribution < -0.4 is 10.6 Å². The average Bonchev–Trinajstić information content (AvgIpc) is 2.08. The van der Waals surface area contributed by atoms with Gasteiger partial charge >= 0.3 is 5.97 Å². The summed E-state index contributed by atoms with van der Waals surface area (Å²) in [5.74, 6) is -0.862. The van der Waals surface area contributed by atoms with Crippen molar-refractivity contribution < 1.29 is 14.3 Å². The minimum Gasteiger partial charge on any atom is -0.467 e. The maximum atomic E-state index is 11.1. The third-order valence-corrected chi connectivity index (χ3v) is 1.73. The van der Waals surface area contributed by atoms with Crippen LogP contribution in [0, 0.1) is 0 Å². The summed E-state index contributed by atoms with van der Waals surface area (Å²) < 4.78 is 4.45. The molecule has 2 atom stereocenters. The molecule has 0 aromatic carbocycles. The van der Waals surface area contributed by atoms with Gasteiger partial charge in [0.1, 0.15) is 0 Å². The molecule has 5 nitrogen and oxygen atoms in total. The SMILES string of the molecule is COC(=O)C1NC(C)CNC1=O. The van der Waals surface area contributed by atoms with E-state index in [1.807, 2.05) is 6.92 Å². The summed E-state index contributed by atoms with van der Waals surface area (Å²) in [6.45, 7) is 2.43. The van der Waals surface area contributed by atoms with E-state index in [1.54, 1.807) is 0 Å². The Balaban J connectivity index is 2.60. The van der Waals surface area contributed by atoms with Gasteiger partial charge in [0.05, 0.1) is 7.11 Å². The Morgan fingerprint density at radius 3 is 2.92 bits per heavy atom. The summed E-state index contributed by atoms with van der Waals surface area (Å²) in [6.07, 6.45) is 0. The topological polar surface area (TPSA) is 67.4 Å². The highest BCUT2D eigenvalue weighted by molar-refractivity contribution is 6.02. The van der Waals surface area contributed by atoms with E-state index in [2.05, 4.69) is 15.4 Å². The second kappa shape index (κ2) is 3.53. The van der Waals surface area contributed by atoms with Crippen LogP contribution in [0.5, 0.6) is 0 Å². The Bertz CT molecular complexity index is 197. The number of rotatable bonds is 1. The Kier molecular flexibility index (Phi) is 2.65. The normalized spacial score (nSPS) is 29.3. The van der Waals surface area contributed by atoms with E-state index in [9.17, 15) is 9.59 Å². The van der Waals surface area contributed by atoms with Gasteiger partial charge in [0, 0.05) is 12.6 Å². The largest absolute Gasteiger partial charge is 0.467 e. The Hall–Kier alpha value is -1.10. The second-order valence-corrected chi connectivity index (χ2v) is 2.77. The van der Waals surface area contributed by atoms with Gasteiger partial charge in [0.2, 0.25) is 5.91 Å². The maximum Gasteiger partial charge on any atom is 0.332 e. The zero-order chi connectivity index (χ0) is 9.14. The molecule has 1 aliphatic rings. The lowest BCUT2D eigenvalue weighted by Crippen LogP contribution is -2.60. The molecule has 5 heteroatoms. The number of methoxy groups -OCH3 is 1. The van der Waals surface area contributed by atoms with Gasteiger partial charge in [-0.2, -0.15) is 0 Å². The van der Waals surface area contributed by atoms with Crippen molar-refractivity contribution in [2.75, 3.05) is 13.7 Å². The fraction of sp³-hybridized carbons (Fsp3) is 0.714. The van der Waals surface area contributed by atoms with E-state index < -0.39 is 12.0 Å². The average molecular weight is 172 g/mol. The Labute approximate surface area is 70.5 Å². The van der Waals surface area contributed by atoms with Crippen LogP contribution in [0.4, 0.5) is 0 Å². The highest BCUT2D eigenvalue weighted by Gasteiger charge is 2.32. The first-order chi connectivity index (χ1) is 5.65. The summed E-state index contributed by atoms with van der Waals surface area (Å²) in [5.41, 5.74) is 0. The van der Waals surface area contributed by atoms with Crippen molar-refractivity contribution in [2.45, 2.75) is 19.0 Å². The predicted octanol–water partition coefficient (Wildman–Crippen LogP) is -1.36. The fourth-order valence-electron chi connectivity index (χ4n) is 1.07. The predicted molar refractivity (Wildman–Crippen MR) is 41.4 cm³/mol. The number of hydrogen-bond acceptors (Lipinski definition) is 4. The molecule has 0 bridgehead atoms. The molecule has 0 aromatic heterocycles. The highest BCUT2D eigenvalue weighted by Crippen LogP contribution is 1.96. The summed E-state index contributed by atoms with van der Waals surface area (Å²) in [5, 5.41) is 5.43. The molecule has 1 aliphatic heterocycles. The van der Waals surface area contributed by atoms with Crippen LogP contribution in [0.1, 0.15) is 6.92 Å². The van der Waals surface area contributed by atoms with Crippen LogP contribution in [0.3, 0.4) is 0 Å². The third kappa shape index (κ3) is 1.73. The van der Waals surface area contributed by atoms with Crippen molar-refractivity contribution in [2.24, 2.45) is 0 Å². The second-order valence-electron chi connectivity index (χ2n) is 2.77. The zero-order valence-corrected chi connectivity index (χ0v) is 7.09. The summed E-state index contributed by atoms with van der Waals surface area (Å²) in [6, 6.07) is -0.745. The third-order valence-electron chi connectivity index (χ3n) is 1.73. The molecule has 2 unspecified atom stereocenters. The van der Waals surface area contributed by atoms with Crippen LogP contribution in [0.25, 0.3) is 0 Å². The first-order valence-electron chi connectivity index (χ1n) is 3.76. The fourth-order valence-corrected chi connectivity index (χ4v) is 1.07. The van der Waals surface area contributed by atoms with Gasteiger partial charge in [0.25, 0.3) is 0 Å². The van der Waals surface area contributed by atoms with E-state index >= 15 is 0 Å². The number of nitrogens with one attached hydrogen (secondary N) is 2. The number of esters is 1. The van der Waals surface area contributed by atoms with Crippen LogP contribution in [0.15, 0.2) is 0 Å². The molecule has 1 rings (SSSR count). The number of carbonyl (C=O) groups is 2. The minimum absolute atomic E-state index is 0.104. The van der Waals surface area contributed by atoms with Gasteiger partial charge in [-0.3, -0.25) is 10.1 Å². The van der Waals surface area contributed by atoms with Crippen molar-refractivity contribution in [3.63, 3.8) is 0 Å². The molecule has 1 fully saturated rings. The van der Waals surface area contributed by atoms with Crippen LogP contribution >= 0.6 is 0 Å². The molecular formula is C7H12N2O3. The molecule has 0 spiro atoms. The minimum atomic E-state index is -0.848. The Morgan fingerprint density at radius 2 is 2.33 bits per heavy atom. The summed E-state index contributed by atoms with van der Waals surface area (Å²) >= 11 is 0. The van der Waals surface area contributed by atoms with E-state index in [0.29, 0.717) is 6.54 Å². The van der Waals surface area contributed by atoms with Crippen molar-refractivity contribution in [3.8, 4) is 0 Å². The highest BCUT2D eigenvalue weighted by atomic mass is 16.5. The van der Waals surface area contributed by atoms with Crippen LogP contribution in [0.2, 0.25) is 0 Å². The van der Waals surface area contributed by atoms with Gasteiger partial charge in [-0.1, -0.05) is 0 Å². The number of piperazine rings is 1. The maximum absolute atomic E-state index is 11.1. The molecule has 0 saturated carbocycles. The molecule has 1 saturated heterocycles. The summed E-state index contributed by atoms with van der Waals surface area (Å²) in [7, 11) is 1.26. The molecule has 1 amide bonds. The number of amides is 1. The van der Waals surface area contributed by atoms with Gasteiger partial charge in [-0.05, 0) is 6.92 Å². The number of hydrogen-bond donors (Lipinski definition) is 2. The Morgan fingerprint density at radius 1 is 1.67 bits per heavy atom. The van der Waals surface area contributed by atoms with Crippen LogP contribution in [-0.2, 0) is 14.3 Å². The lowest BCUT2D eigenvalue weighted by molar-refractivity contribution is -0.148. The zero-order valence-electron chi connectivity index (χ0n) is 7.09. The number of carbonyl (C=O) groups excluding carboxylic acids is 2. The van der Waals surface area contributed by atoms with Gasteiger partial charge < -0.3 is 10.1 Å². The lowest BCUT2D eigenvalue weighted by atomic mass is 10.1. The first kappa shape index (κ1) is 8.99. The van der Waals surface area contributed by atoms with E-state index in [0.717, 1.165) is 0 Å². The van der Waals surface area contributed by atoms with Gasteiger partial charge in [-0.15, -0.1) is 0 Å². The lowest BCUT2D eigenvalue weighted by Gasteiger charge is -2.26. The smallest absolute Gasteiger partial charge is 0.332 e. The van der Waals surface area contributed by atoms with Crippen molar-refractivity contribution >= 4 is 11.9 Å². The molecule has 0 aromatic rings. The van der Waals surface area contributed by atoms with Crippen LogP contribution in [-0.4, -0.2) is 37.6 Å².